The monoisotopic (exact) mass is 321 g/mol. The predicted octanol–water partition coefficient (Wildman–Crippen LogP) is 3.98. The van der Waals surface area contributed by atoms with E-state index in [1.54, 1.807) is 0 Å². The van der Waals surface area contributed by atoms with Crippen molar-refractivity contribution in [2.24, 2.45) is 5.92 Å². The van der Waals surface area contributed by atoms with Crippen LogP contribution in [0.3, 0.4) is 0 Å². The molecule has 24 heavy (non-hydrogen) atoms. The summed E-state index contributed by atoms with van der Waals surface area (Å²) in [6.07, 6.45) is 1.05. The molecule has 1 heterocycles. The Kier molecular flexibility index (Phi) is 3.78. The summed E-state index contributed by atoms with van der Waals surface area (Å²) in [7, 11) is 0. The fourth-order valence-electron chi connectivity index (χ4n) is 4.99. The van der Waals surface area contributed by atoms with Crippen LogP contribution in [0.1, 0.15) is 47.1 Å². The summed E-state index contributed by atoms with van der Waals surface area (Å²) in [5.74, 6) is 0.706. The zero-order valence-electron chi connectivity index (χ0n) is 14.9. The number of rotatable bonds is 2. The van der Waals surface area contributed by atoms with Gasteiger partial charge in [-0.1, -0.05) is 55.0 Å². The van der Waals surface area contributed by atoms with Gasteiger partial charge in [0.05, 0.1) is 0 Å². The van der Waals surface area contributed by atoms with Crippen molar-refractivity contribution >= 4 is 0 Å². The van der Waals surface area contributed by atoms with E-state index in [0.717, 1.165) is 37.2 Å². The van der Waals surface area contributed by atoms with Crippen LogP contribution < -0.4 is 0 Å². The first-order valence-electron chi connectivity index (χ1n) is 9.17. The van der Waals surface area contributed by atoms with Gasteiger partial charge in [-0.25, -0.2) is 0 Å². The highest BCUT2D eigenvalue weighted by Gasteiger charge is 2.53. The molecule has 0 radical (unpaired) electrons. The summed E-state index contributed by atoms with van der Waals surface area (Å²) in [6, 6.07) is 15.0. The second kappa shape index (κ2) is 5.72. The topological polar surface area (TPSA) is 23.5 Å². The van der Waals surface area contributed by atoms with Crippen LogP contribution in [0.15, 0.2) is 42.5 Å². The van der Waals surface area contributed by atoms with E-state index in [4.69, 9.17) is 0 Å². The largest absolute Gasteiger partial charge is 0.380 e. The molecule has 0 aromatic heterocycles. The van der Waals surface area contributed by atoms with Crippen LogP contribution in [0.4, 0.5) is 0 Å². The molecule has 2 aliphatic rings. The highest BCUT2D eigenvalue weighted by molar-refractivity contribution is 5.52. The van der Waals surface area contributed by atoms with Crippen molar-refractivity contribution in [3.63, 3.8) is 0 Å². The highest BCUT2D eigenvalue weighted by Crippen LogP contribution is 2.56. The lowest BCUT2D eigenvalue weighted by atomic mass is 9.73. The lowest BCUT2D eigenvalue weighted by molar-refractivity contribution is -0.00785. The Morgan fingerprint density at radius 2 is 1.92 bits per heavy atom. The standard InChI is InChI=1S/C22H27NO/c1-4-23-12-11-20-18(14-23)17-10-9-15(2)13-21(17)22(20,24)19-8-6-5-7-16(19)3/h5-10,13,18,20,24H,4,11-12,14H2,1-3H3/t18-,20-,22?/m1/s1. The second-order valence-electron chi connectivity index (χ2n) is 7.57. The van der Waals surface area contributed by atoms with Gasteiger partial charge >= 0.3 is 0 Å². The number of piperidine rings is 1. The van der Waals surface area contributed by atoms with Crippen LogP contribution in [0, 0.1) is 19.8 Å². The van der Waals surface area contributed by atoms with Crippen LogP contribution in [0.25, 0.3) is 0 Å². The molecule has 126 valence electrons. The Bertz CT molecular complexity index is 768. The van der Waals surface area contributed by atoms with E-state index in [9.17, 15) is 5.11 Å². The van der Waals surface area contributed by atoms with Crippen molar-refractivity contribution in [2.45, 2.75) is 38.7 Å². The number of hydrogen-bond donors (Lipinski definition) is 1. The van der Waals surface area contributed by atoms with Crippen LogP contribution in [-0.4, -0.2) is 29.6 Å². The van der Waals surface area contributed by atoms with E-state index < -0.39 is 5.60 Å². The summed E-state index contributed by atoms with van der Waals surface area (Å²) in [6.45, 7) is 9.71. The third-order valence-corrected chi connectivity index (χ3v) is 6.26. The van der Waals surface area contributed by atoms with Gasteiger partial charge in [-0.3, -0.25) is 0 Å². The van der Waals surface area contributed by atoms with E-state index in [1.807, 2.05) is 0 Å². The number of likely N-dealkylation sites (N-methyl/N-ethyl adjacent to an activating group) is 1. The van der Waals surface area contributed by atoms with Crippen molar-refractivity contribution < 1.29 is 5.11 Å². The lowest BCUT2D eigenvalue weighted by Gasteiger charge is -2.41. The molecule has 0 amide bonds. The average Bonchev–Trinajstić information content (AvgIpc) is 2.84. The third-order valence-electron chi connectivity index (χ3n) is 6.26. The lowest BCUT2D eigenvalue weighted by Crippen LogP contribution is -2.44. The molecule has 0 bridgehead atoms. The molecule has 1 aliphatic heterocycles. The molecule has 2 aromatic rings. The first-order chi connectivity index (χ1) is 11.6. The molecule has 1 N–H and O–H groups in total. The minimum absolute atomic E-state index is 0.276. The quantitative estimate of drug-likeness (QED) is 0.904. The molecule has 0 spiro atoms. The molecule has 1 saturated heterocycles. The number of benzene rings is 2. The molecule has 4 rings (SSSR count). The van der Waals surface area contributed by atoms with Crippen LogP contribution in [0.5, 0.6) is 0 Å². The van der Waals surface area contributed by atoms with Crippen molar-refractivity contribution in [2.75, 3.05) is 19.6 Å². The third kappa shape index (κ3) is 2.17. The number of likely N-dealkylation sites (tertiary alicyclic amines) is 1. The van der Waals surface area contributed by atoms with Gasteiger partial charge in [-0.2, -0.15) is 0 Å². The first-order valence-corrected chi connectivity index (χ1v) is 9.17. The Balaban J connectivity index is 1.91. The fourth-order valence-corrected chi connectivity index (χ4v) is 4.99. The maximum Gasteiger partial charge on any atom is 0.119 e. The van der Waals surface area contributed by atoms with E-state index >= 15 is 0 Å². The van der Waals surface area contributed by atoms with Gasteiger partial charge < -0.3 is 10.0 Å². The summed E-state index contributed by atoms with van der Waals surface area (Å²) < 4.78 is 0. The van der Waals surface area contributed by atoms with Gasteiger partial charge in [-0.15, -0.1) is 0 Å². The Labute approximate surface area is 145 Å². The molecular formula is C22H27NO. The molecule has 1 unspecified atom stereocenters. The number of fused-ring (bicyclic) bond motifs is 3. The van der Waals surface area contributed by atoms with Gasteiger partial charge in [-0.05, 0) is 55.6 Å². The minimum Gasteiger partial charge on any atom is -0.380 e. The molecule has 2 heteroatoms. The van der Waals surface area contributed by atoms with Gasteiger partial charge in [0.2, 0.25) is 0 Å². The minimum atomic E-state index is -0.850. The molecule has 2 aromatic carbocycles. The maximum atomic E-state index is 12.1. The summed E-state index contributed by atoms with van der Waals surface area (Å²) in [5, 5.41) is 12.1. The Hall–Kier alpha value is -1.64. The van der Waals surface area contributed by atoms with Gasteiger partial charge in [0.1, 0.15) is 5.60 Å². The highest BCUT2D eigenvalue weighted by atomic mass is 16.3. The zero-order chi connectivity index (χ0) is 16.9. The van der Waals surface area contributed by atoms with Crippen molar-refractivity contribution in [1.29, 1.82) is 0 Å². The molecule has 3 atom stereocenters. The average molecular weight is 321 g/mol. The molecule has 2 nitrogen and oxygen atoms in total. The Morgan fingerprint density at radius 1 is 1.12 bits per heavy atom. The molecule has 0 saturated carbocycles. The number of aliphatic hydroxyl groups is 1. The van der Waals surface area contributed by atoms with Gasteiger partial charge in [0, 0.05) is 18.4 Å². The maximum absolute atomic E-state index is 12.1. The molecule has 1 fully saturated rings. The van der Waals surface area contributed by atoms with Crippen LogP contribution in [-0.2, 0) is 5.60 Å². The van der Waals surface area contributed by atoms with E-state index in [-0.39, 0.29) is 5.92 Å². The smallest absolute Gasteiger partial charge is 0.119 e. The van der Waals surface area contributed by atoms with Gasteiger partial charge in [0.15, 0.2) is 0 Å². The van der Waals surface area contributed by atoms with Crippen molar-refractivity contribution in [3.8, 4) is 0 Å². The molecule has 1 aliphatic carbocycles. The Morgan fingerprint density at radius 3 is 2.67 bits per heavy atom. The van der Waals surface area contributed by atoms with E-state index in [0.29, 0.717) is 5.92 Å². The number of hydrogen-bond acceptors (Lipinski definition) is 2. The van der Waals surface area contributed by atoms with Gasteiger partial charge in [0.25, 0.3) is 0 Å². The second-order valence-corrected chi connectivity index (χ2v) is 7.57. The summed E-state index contributed by atoms with van der Waals surface area (Å²) in [5.41, 5.74) is 5.16. The number of nitrogens with zero attached hydrogens (tertiary/aromatic N) is 1. The fraction of sp³-hybridized carbons (Fsp3) is 0.455. The van der Waals surface area contributed by atoms with Crippen molar-refractivity contribution in [3.05, 3.63) is 70.3 Å². The SMILES string of the molecule is CCN1CC[C@@H]2[C@H](C1)c1ccc(C)cc1C2(O)c1ccccc1C. The summed E-state index contributed by atoms with van der Waals surface area (Å²) in [4.78, 5) is 2.52. The van der Waals surface area contributed by atoms with Crippen LogP contribution in [0.2, 0.25) is 0 Å². The normalized spacial score (nSPS) is 29.3. The summed E-state index contributed by atoms with van der Waals surface area (Å²) >= 11 is 0. The first kappa shape index (κ1) is 15.9. The van der Waals surface area contributed by atoms with E-state index in [2.05, 4.69) is 68.1 Å². The number of aryl methyl sites for hydroxylation is 2. The van der Waals surface area contributed by atoms with Crippen LogP contribution >= 0.6 is 0 Å². The van der Waals surface area contributed by atoms with E-state index in [1.165, 1.54) is 16.7 Å². The predicted molar refractivity (Wildman–Crippen MR) is 98.3 cm³/mol. The zero-order valence-corrected chi connectivity index (χ0v) is 14.9. The molecular weight excluding hydrogens is 294 g/mol. The van der Waals surface area contributed by atoms with Crippen molar-refractivity contribution in [1.82, 2.24) is 4.90 Å².